The lowest BCUT2D eigenvalue weighted by molar-refractivity contribution is -0.123. The first-order valence-corrected chi connectivity index (χ1v) is 9.68. The summed E-state index contributed by atoms with van der Waals surface area (Å²) in [6.07, 6.45) is 3.01. The standard InChI is InChI=1S/C19H21N3O4S/c1-14(21-18(23)13-8-15-6-4-3-5-7-15)19(24)22-16-9-11-17(12-10-16)27(25,26)20-2/h3-14,20H,1-2H3,(H,21,23)(H,22,24)/b13-8+/t14-/m0/s1. The summed E-state index contributed by atoms with van der Waals surface area (Å²) in [7, 11) is -2.21. The van der Waals surface area contributed by atoms with Crippen LogP contribution in [0.4, 0.5) is 5.69 Å². The van der Waals surface area contributed by atoms with E-state index in [0.717, 1.165) is 5.56 Å². The van der Waals surface area contributed by atoms with Gasteiger partial charge in [0.05, 0.1) is 4.90 Å². The van der Waals surface area contributed by atoms with Crippen LogP contribution in [-0.4, -0.2) is 33.3 Å². The van der Waals surface area contributed by atoms with E-state index in [1.54, 1.807) is 13.0 Å². The molecule has 0 saturated carbocycles. The zero-order chi connectivity index (χ0) is 19.9. The molecule has 0 radical (unpaired) electrons. The maximum Gasteiger partial charge on any atom is 0.246 e. The van der Waals surface area contributed by atoms with E-state index in [1.165, 1.54) is 37.4 Å². The van der Waals surface area contributed by atoms with Crippen molar-refractivity contribution in [1.29, 1.82) is 0 Å². The summed E-state index contributed by atoms with van der Waals surface area (Å²) < 4.78 is 25.6. The van der Waals surface area contributed by atoms with Crippen molar-refractivity contribution in [2.45, 2.75) is 17.9 Å². The summed E-state index contributed by atoms with van der Waals surface area (Å²) in [5.74, 6) is -0.808. The molecule has 0 bridgehead atoms. The highest BCUT2D eigenvalue weighted by Gasteiger charge is 2.15. The third kappa shape index (κ3) is 6.05. The van der Waals surface area contributed by atoms with Crippen LogP contribution in [0.1, 0.15) is 12.5 Å². The summed E-state index contributed by atoms with van der Waals surface area (Å²) in [4.78, 5) is 24.2. The number of rotatable bonds is 7. The largest absolute Gasteiger partial charge is 0.341 e. The van der Waals surface area contributed by atoms with Crippen molar-refractivity contribution in [3.63, 3.8) is 0 Å². The second-order valence-electron chi connectivity index (χ2n) is 5.70. The van der Waals surface area contributed by atoms with Crippen molar-refractivity contribution in [2.24, 2.45) is 0 Å². The number of sulfonamides is 1. The molecule has 2 aromatic carbocycles. The average molecular weight is 387 g/mol. The number of carbonyl (C=O) groups is 2. The van der Waals surface area contributed by atoms with Crippen molar-refractivity contribution in [3.05, 3.63) is 66.2 Å². The number of amides is 2. The first-order chi connectivity index (χ1) is 12.8. The topological polar surface area (TPSA) is 104 Å². The minimum Gasteiger partial charge on any atom is -0.341 e. The monoisotopic (exact) mass is 387 g/mol. The molecule has 0 aliphatic carbocycles. The molecule has 2 aromatic rings. The van der Waals surface area contributed by atoms with E-state index in [1.807, 2.05) is 30.3 Å². The van der Waals surface area contributed by atoms with Crippen LogP contribution in [0.25, 0.3) is 6.08 Å². The van der Waals surface area contributed by atoms with Gasteiger partial charge < -0.3 is 10.6 Å². The Kier molecular flexibility index (Phi) is 6.86. The highest BCUT2D eigenvalue weighted by Crippen LogP contribution is 2.14. The Labute approximate surface area is 158 Å². The second-order valence-corrected chi connectivity index (χ2v) is 7.58. The summed E-state index contributed by atoms with van der Waals surface area (Å²) >= 11 is 0. The Hall–Kier alpha value is -2.97. The fourth-order valence-electron chi connectivity index (χ4n) is 2.15. The molecule has 0 saturated heterocycles. The SMILES string of the molecule is CNS(=O)(=O)c1ccc(NC(=O)[C@H](C)NC(=O)/C=C/c2ccccc2)cc1. The molecule has 0 aromatic heterocycles. The quantitative estimate of drug-likeness (QED) is 0.630. The molecule has 27 heavy (non-hydrogen) atoms. The van der Waals surface area contributed by atoms with Crippen LogP contribution in [0.15, 0.2) is 65.6 Å². The van der Waals surface area contributed by atoms with Crippen LogP contribution in [-0.2, 0) is 19.6 Å². The van der Waals surface area contributed by atoms with E-state index in [0.29, 0.717) is 5.69 Å². The van der Waals surface area contributed by atoms with Crippen LogP contribution in [0.2, 0.25) is 0 Å². The number of hydrogen-bond acceptors (Lipinski definition) is 4. The molecule has 7 nitrogen and oxygen atoms in total. The van der Waals surface area contributed by atoms with E-state index in [-0.39, 0.29) is 4.90 Å². The Morgan fingerprint density at radius 2 is 1.63 bits per heavy atom. The number of carbonyl (C=O) groups excluding carboxylic acids is 2. The van der Waals surface area contributed by atoms with Crippen LogP contribution in [0.3, 0.4) is 0 Å². The normalized spacial score (nSPS) is 12.5. The van der Waals surface area contributed by atoms with Crippen molar-refractivity contribution in [2.75, 3.05) is 12.4 Å². The van der Waals surface area contributed by atoms with Crippen molar-refractivity contribution < 1.29 is 18.0 Å². The fraction of sp³-hybridized carbons (Fsp3) is 0.158. The van der Waals surface area contributed by atoms with Crippen molar-refractivity contribution in [3.8, 4) is 0 Å². The predicted octanol–water partition coefficient (Wildman–Crippen LogP) is 1.75. The molecule has 0 spiro atoms. The molecular formula is C19H21N3O4S. The summed E-state index contributed by atoms with van der Waals surface area (Å²) in [5.41, 5.74) is 1.30. The second kappa shape index (κ2) is 9.11. The predicted molar refractivity (Wildman–Crippen MR) is 104 cm³/mol. The molecule has 142 valence electrons. The molecule has 2 rings (SSSR count). The first kappa shape index (κ1) is 20.3. The van der Waals surface area contributed by atoms with Gasteiger partial charge in [0, 0.05) is 11.8 Å². The van der Waals surface area contributed by atoms with Crippen LogP contribution in [0, 0.1) is 0 Å². The molecule has 8 heteroatoms. The van der Waals surface area contributed by atoms with Crippen LogP contribution >= 0.6 is 0 Å². The Morgan fingerprint density at radius 3 is 2.22 bits per heavy atom. The van der Waals surface area contributed by atoms with Gasteiger partial charge in [0.1, 0.15) is 6.04 Å². The lowest BCUT2D eigenvalue weighted by atomic mass is 10.2. The summed E-state index contributed by atoms with van der Waals surface area (Å²) in [5, 5.41) is 5.20. The van der Waals surface area contributed by atoms with E-state index >= 15 is 0 Å². The third-order valence-electron chi connectivity index (χ3n) is 3.68. The van der Waals surface area contributed by atoms with Gasteiger partial charge in [-0.2, -0.15) is 0 Å². The van der Waals surface area contributed by atoms with Gasteiger partial charge in [-0.1, -0.05) is 30.3 Å². The van der Waals surface area contributed by atoms with Gasteiger partial charge in [0.25, 0.3) is 0 Å². The van der Waals surface area contributed by atoms with Gasteiger partial charge in [-0.3, -0.25) is 9.59 Å². The van der Waals surface area contributed by atoms with Gasteiger partial charge in [-0.15, -0.1) is 0 Å². The number of anilines is 1. The summed E-state index contributed by atoms with van der Waals surface area (Å²) in [6.45, 7) is 1.56. The third-order valence-corrected chi connectivity index (χ3v) is 5.11. The van der Waals surface area contributed by atoms with Crippen LogP contribution < -0.4 is 15.4 Å². The maximum atomic E-state index is 12.2. The first-order valence-electron chi connectivity index (χ1n) is 8.20. The minimum atomic E-state index is -3.53. The van der Waals surface area contributed by atoms with E-state index < -0.39 is 27.9 Å². The summed E-state index contributed by atoms with van der Waals surface area (Å²) in [6, 6.07) is 14.3. The molecular weight excluding hydrogens is 366 g/mol. The van der Waals surface area contributed by atoms with Gasteiger partial charge in [-0.05, 0) is 49.9 Å². The smallest absolute Gasteiger partial charge is 0.246 e. The maximum absolute atomic E-state index is 12.2. The van der Waals surface area contributed by atoms with E-state index in [9.17, 15) is 18.0 Å². The average Bonchev–Trinajstić information content (AvgIpc) is 2.67. The molecule has 1 atom stereocenters. The van der Waals surface area contributed by atoms with Crippen molar-refractivity contribution >= 4 is 33.6 Å². The molecule has 0 unspecified atom stereocenters. The molecule has 0 aliphatic heterocycles. The van der Waals surface area contributed by atoms with Crippen LogP contribution in [0.5, 0.6) is 0 Å². The zero-order valence-corrected chi connectivity index (χ0v) is 15.8. The lowest BCUT2D eigenvalue weighted by Crippen LogP contribution is -2.40. The van der Waals surface area contributed by atoms with Gasteiger partial charge in [0.2, 0.25) is 21.8 Å². The molecule has 0 fully saturated rings. The van der Waals surface area contributed by atoms with Gasteiger partial charge in [0.15, 0.2) is 0 Å². The molecule has 3 N–H and O–H groups in total. The highest BCUT2D eigenvalue weighted by atomic mass is 32.2. The fourth-order valence-corrected chi connectivity index (χ4v) is 2.88. The lowest BCUT2D eigenvalue weighted by Gasteiger charge is -2.13. The Morgan fingerprint density at radius 1 is 1.00 bits per heavy atom. The zero-order valence-electron chi connectivity index (χ0n) is 15.0. The highest BCUT2D eigenvalue weighted by molar-refractivity contribution is 7.89. The van der Waals surface area contributed by atoms with Gasteiger partial charge >= 0.3 is 0 Å². The Balaban J connectivity index is 1.91. The molecule has 0 aliphatic rings. The van der Waals surface area contributed by atoms with E-state index in [2.05, 4.69) is 15.4 Å². The number of hydrogen-bond donors (Lipinski definition) is 3. The minimum absolute atomic E-state index is 0.0930. The Bertz CT molecular complexity index is 923. The van der Waals surface area contributed by atoms with Crippen molar-refractivity contribution in [1.82, 2.24) is 10.0 Å². The number of benzene rings is 2. The number of nitrogens with one attached hydrogen (secondary N) is 3. The molecule has 0 heterocycles. The van der Waals surface area contributed by atoms with E-state index in [4.69, 9.17) is 0 Å². The van der Waals surface area contributed by atoms with Gasteiger partial charge in [-0.25, -0.2) is 13.1 Å². The molecule has 2 amide bonds.